The lowest BCUT2D eigenvalue weighted by molar-refractivity contribution is -0.127. The van der Waals surface area contributed by atoms with Gasteiger partial charge in [0.2, 0.25) is 5.91 Å². The summed E-state index contributed by atoms with van der Waals surface area (Å²) < 4.78 is 18.9. The first-order valence-corrected chi connectivity index (χ1v) is 9.19. The summed E-state index contributed by atoms with van der Waals surface area (Å²) in [6.45, 7) is 3.22. The van der Waals surface area contributed by atoms with Crippen molar-refractivity contribution < 1.29 is 13.6 Å². The van der Waals surface area contributed by atoms with Gasteiger partial charge in [-0.3, -0.25) is 4.79 Å². The summed E-state index contributed by atoms with van der Waals surface area (Å²) in [5.41, 5.74) is 3.37. The van der Waals surface area contributed by atoms with E-state index in [2.05, 4.69) is 4.98 Å². The third-order valence-corrected chi connectivity index (χ3v) is 5.11. The number of carbonyl (C=O) groups is 1. The minimum absolute atomic E-state index is 0.00663. The molecule has 0 saturated carbocycles. The van der Waals surface area contributed by atoms with Crippen LogP contribution in [-0.2, 0) is 4.79 Å². The minimum atomic E-state index is -0.279. The highest BCUT2D eigenvalue weighted by molar-refractivity contribution is 5.94. The maximum absolute atomic E-state index is 13.0. The predicted molar refractivity (Wildman–Crippen MR) is 103 cm³/mol. The number of oxazole rings is 1. The highest BCUT2D eigenvalue weighted by Crippen LogP contribution is 2.30. The van der Waals surface area contributed by atoms with Crippen molar-refractivity contribution in [3.05, 3.63) is 71.9 Å². The van der Waals surface area contributed by atoms with Crippen LogP contribution in [0.2, 0.25) is 0 Å². The Morgan fingerprint density at radius 2 is 1.85 bits per heavy atom. The number of benzene rings is 2. The Balaban J connectivity index is 1.40. The van der Waals surface area contributed by atoms with E-state index in [0.29, 0.717) is 13.1 Å². The number of fused-ring (bicyclic) bond motifs is 1. The first-order chi connectivity index (χ1) is 13.1. The van der Waals surface area contributed by atoms with Crippen LogP contribution in [0, 0.1) is 5.82 Å². The summed E-state index contributed by atoms with van der Waals surface area (Å²) in [4.78, 5) is 19.0. The second-order valence-electron chi connectivity index (χ2n) is 6.95. The first kappa shape index (κ1) is 17.5. The quantitative estimate of drug-likeness (QED) is 0.629. The van der Waals surface area contributed by atoms with Crippen LogP contribution >= 0.6 is 0 Å². The van der Waals surface area contributed by atoms with E-state index >= 15 is 0 Å². The van der Waals surface area contributed by atoms with E-state index in [1.165, 1.54) is 12.1 Å². The van der Waals surface area contributed by atoms with Crippen LogP contribution in [0.4, 0.5) is 4.39 Å². The molecule has 1 saturated heterocycles. The van der Waals surface area contributed by atoms with Crippen LogP contribution < -0.4 is 0 Å². The van der Waals surface area contributed by atoms with Gasteiger partial charge in [-0.2, -0.15) is 0 Å². The zero-order valence-electron chi connectivity index (χ0n) is 15.2. The monoisotopic (exact) mass is 364 g/mol. The fraction of sp³-hybridized carbons (Fsp3) is 0.273. The molecule has 2 heterocycles. The summed E-state index contributed by atoms with van der Waals surface area (Å²) in [7, 11) is 0. The highest BCUT2D eigenvalue weighted by Gasteiger charge is 2.26. The lowest BCUT2D eigenvalue weighted by Crippen LogP contribution is -2.37. The number of halogens is 1. The summed E-state index contributed by atoms with van der Waals surface area (Å²) in [5.74, 6) is 0.719. The number of nitrogens with zero attached hydrogens (tertiary/aromatic N) is 2. The van der Waals surface area contributed by atoms with Crippen molar-refractivity contribution in [1.82, 2.24) is 9.88 Å². The molecule has 3 aromatic rings. The Bertz CT molecular complexity index is 950. The topological polar surface area (TPSA) is 46.3 Å². The van der Waals surface area contributed by atoms with Crippen molar-refractivity contribution in [1.29, 1.82) is 0 Å². The molecule has 1 aromatic heterocycles. The normalized spacial score (nSPS) is 16.1. The molecular weight excluding hydrogens is 343 g/mol. The van der Waals surface area contributed by atoms with Gasteiger partial charge in [-0.1, -0.05) is 24.3 Å². The molecule has 1 amide bonds. The fourth-order valence-electron chi connectivity index (χ4n) is 3.48. The lowest BCUT2D eigenvalue weighted by atomic mass is 9.96. The van der Waals surface area contributed by atoms with Crippen molar-refractivity contribution in [2.24, 2.45) is 0 Å². The van der Waals surface area contributed by atoms with Crippen LogP contribution in [-0.4, -0.2) is 28.9 Å². The summed E-state index contributed by atoms with van der Waals surface area (Å²) in [5, 5.41) is 0. The third-order valence-electron chi connectivity index (χ3n) is 5.11. The Kier molecular flexibility index (Phi) is 4.75. The smallest absolute Gasteiger partial charge is 0.246 e. The van der Waals surface area contributed by atoms with Gasteiger partial charge < -0.3 is 9.32 Å². The lowest BCUT2D eigenvalue weighted by Gasteiger charge is -2.30. The summed E-state index contributed by atoms with van der Waals surface area (Å²) >= 11 is 0. The van der Waals surface area contributed by atoms with Gasteiger partial charge in [0, 0.05) is 25.1 Å². The molecule has 0 radical (unpaired) electrons. The molecule has 1 fully saturated rings. The number of rotatable bonds is 3. The number of hydrogen-bond acceptors (Lipinski definition) is 3. The molecule has 0 atom stereocenters. The van der Waals surface area contributed by atoms with Gasteiger partial charge in [-0.25, -0.2) is 9.37 Å². The maximum atomic E-state index is 13.0. The molecule has 0 spiro atoms. The number of allylic oxidation sites excluding steroid dienone is 1. The Morgan fingerprint density at radius 1 is 1.15 bits per heavy atom. The van der Waals surface area contributed by atoms with E-state index < -0.39 is 0 Å². The van der Waals surface area contributed by atoms with Crippen LogP contribution in [0.25, 0.3) is 16.7 Å². The van der Waals surface area contributed by atoms with Gasteiger partial charge in [-0.15, -0.1) is 0 Å². The van der Waals surface area contributed by atoms with Gasteiger partial charge in [0.1, 0.15) is 11.3 Å². The molecule has 4 nitrogen and oxygen atoms in total. The number of carbonyl (C=O) groups excluding carboxylic acids is 1. The van der Waals surface area contributed by atoms with Crippen molar-refractivity contribution >= 4 is 22.6 Å². The molecule has 1 aliphatic rings. The molecule has 0 unspecified atom stereocenters. The number of piperidine rings is 1. The molecule has 0 N–H and O–H groups in total. The van der Waals surface area contributed by atoms with Crippen molar-refractivity contribution in [3.63, 3.8) is 0 Å². The maximum Gasteiger partial charge on any atom is 0.246 e. The van der Waals surface area contributed by atoms with Crippen molar-refractivity contribution in [2.75, 3.05) is 13.1 Å². The molecule has 2 aromatic carbocycles. The van der Waals surface area contributed by atoms with E-state index in [9.17, 15) is 9.18 Å². The van der Waals surface area contributed by atoms with Gasteiger partial charge in [0.15, 0.2) is 11.5 Å². The fourth-order valence-corrected chi connectivity index (χ4v) is 3.48. The summed E-state index contributed by atoms with van der Waals surface area (Å²) in [6, 6.07) is 13.9. The minimum Gasteiger partial charge on any atom is -0.440 e. The molecule has 1 aliphatic heterocycles. The molecule has 138 valence electrons. The van der Waals surface area contributed by atoms with E-state index in [1.54, 1.807) is 18.2 Å². The van der Waals surface area contributed by atoms with E-state index in [4.69, 9.17) is 4.42 Å². The summed E-state index contributed by atoms with van der Waals surface area (Å²) in [6.07, 6.45) is 3.30. The molecule has 0 bridgehead atoms. The van der Waals surface area contributed by atoms with Crippen LogP contribution in [0.3, 0.4) is 0 Å². The molecule has 5 heteroatoms. The third kappa shape index (κ3) is 3.77. The average Bonchev–Trinajstić information content (AvgIpc) is 3.13. The zero-order chi connectivity index (χ0) is 18.8. The second kappa shape index (κ2) is 7.35. The van der Waals surface area contributed by atoms with E-state index in [-0.39, 0.29) is 17.6 Å². The van der Waals surface area contributed by atoms with Gasteiger partial charge >= 0.3 is 0 Å². The number of hydrogen-bond donors (Lipinski definition) is 0. The number of para-hydroxylation sites is 2. The van der Waals surface area contributed by atoms with Crippen molar-refractivity contribution in [3.8, 4) is 0 Å². The second-order valence-corrected chi connectivity index (χ2v) is 6.95. The molecule has 4 rings (SSSR count). The number of likely N-dealkylation sites (tertiary alicyclic amines) is 1. The molecular formula is C22H21FN2O2. The number of amides is 1. The highest BCUT2D eigenvalue weighted by atomic mass is 19.1. The predicted octanol–water partition coefficient (Wildman–Crippen LogP) is 4.78. The van der Waals surface area contributed by atoms with Gasteiger partial charge in [0.25, 0.3) is 0 Å². The largest absolute Gasteiger partial charge is 0.440 e. The standard InChI is InChI=1S/C22H21FN2O2/c1-15(16-6-8-18(23)9-7-16)14-21(26)25-12-10-17(11-13-25)22-24-19-4-2-3-5-20(19)27-22/h2-9,14,17H,10-13H2,1H3/b15-14-. The first-order valence-electron chi connectivity index (χ1n) is 9.19. The van der Waals surface area contributed by atoms with E-state index in [0.717, 1.165) is 41.0 Å². The molecule has 0 aliphatic carbocycles. The van der Waals surface area contributed by atoms with Crippen LogP contribution in [0.1, 0.15) is 37.1 Å². The average molecular weight is 364 g/mol. The van der Waals surface area contributed by atoms with Gasteiger partial charge in [0.05, 0.1) is 0 Å². The van der Waals surface area contributed by atoms with Crippen molar-refractivity contribution in [2.45, 2.75) is 25.7 Å². The van der Waals surface area contributed by atoms with Crippen LogP contribution in [0.15, 0.2) is 59.0 Å². The van der Waals surface area contributed by atoms with Gasteiger partial charge in [-0.05, 0) is 55.2 Å². The van der Waals surface area contributed by atoms with Crippen LogP contribution in [0.5, 0.6) is 0 Å². The van der Waals surface area contributed by atoms with E-state index in [1.807, 2.05) is 36.1 Å². The molecule has 27 heavy (non-hydrogen) atoms. The zero-order valence-corrected chi connectivity index (χ0v) is 15.2. The Labute approximate surface area is 157 Å². The number of aromatic nitrogens is 1. The Hall–Kier alpha value is -2.95. The SMILES string of the molecule is C/C(=C/C(=O)N1CCC(c2nc3ccccc3o2)CC1)c1ccc(F)cc1. The Morgan fingerprint density at radius 3 is 2.56 bits per heavy atom.